The van der Waals surface area contributed by atoms with Crippen molar-refractivity contribution in [1.82, 2.24) is 14.4 Å². The molecule has 11 heteroatoms. The molecule has 4 rings (SSSR count). The molecular weight excluding hydrogens is 475 g/mol. The van der Waals surface area contributed by atoms with Gasteiger partial charge in [0.25, 0.3) is 0 Å². The maximum atomic E-state index is 13.4. The Bertz CT molecular complexity index is 1260. The third-order valence-corrected chi connectivity index (χ3v) is 7.76. The zero-order valence-corrected chi connectivity index (χ0v) is 19.4. The lowest BCUT2D eigenvalue weighted by Gasteiger charge is -2.31. The number of carbonyl (C=O) groups excluding carboxylic acids is 1. The summed E-state index contributed by atoms with van der Waals surface area (Å²) in [4.78, 5) is 16.8. The Labute approximate surface area is 195 Å². The minimum atomic E-state index is -3.95. The first kappa shape index (κ1) is 22.7. The molecule has 0 spiro atoms. The van der Waals surface area contributed by atoms with E-state index in [0.29, 0.717) is 41.6 Å². The van der Waals surface area contributed by atoms with Crippen LogP contribution >= 0.6 is 23.2 Å². The molecule has 0 saturated carbocycles. The first-order chi connectivity index (χ1) is 15.2. The molecule has 2 heterocycles. The van der Waals surface area contributed by atoms with Gasteiger partial charge in [0.1, 0.15) is 4.90 Å². The smallest absolute Gasteiger partial charge is 0.244 e. The number of anilines is 1. The van der Waals surface area contributed by atoms with Crippen LogP contribution in [0.5, 0.6) is 0 Å². The number of hydrogen-bond donors (Lipinski definition) is 1. The Morgan fingerprint density at radius 2 is 2.03 bits per heavy atom. The largest absolute Gasteiger partial charge is 0.339 e. The van der Waals surface area contributed by atoms with Crippen LogP contribution < -0.4 is 5.32 Å². The van der Waals surface area contributed by atoms with Gasteiger partial charge in [0.2, 0.25) is 27.6 Å². The summed E-state index contributed by atoms with van der Waals surface area (Å²) in [6, 6.07) is 11.4. The molecule has 1 amide bonds. The van der Waals surface area contributed by atoms with Gasteiger partial charge in [-0.3, -0.25) is 4.79 Å². The number of hydrogen-bond acceptors (Lipinski definition) is 6. The van der Waals surface area contributed by atoms with Crippen molar-refractivity contribution in [3.8, 4) is 11.4 Å². The van der Waals surface area contributed by atoms with Crippen LogP contribution in [-0.2, 0) is 14.8 Å². The van der Waals surface area contributed by atoms with Crippen LogP contribution in [0.25, 0.3) is 11.4 Å². The van der Waals surface area contributed by atoms with Crippen molar-refractivity contribution in [3.05, 3.63) is 58.4 Å². The Kier molecular flexibility index (Phi) is 6.52. The van der Waals surface area contributed by atoms with Crippen molar-refractivity contribution in [2.45, 2.75) is 24.7 Å². The molecule has 0 radical (unpaired) electrons. The lowest BCUT2D eigenvalue weighted by molar-refractivity contribution is -0.120. The van der Waals surface area contributed by atoms with Crippen molar-refractivity contribution < 1.29 is 17.7 Å². The van der Waals surface area contributed by atoms with Crippen LogP contribution in [0.2, 0.25) is 10.0 Å². The van der Waals surface area contributed by atoms with E-state index in [-0.39, 0.29) is 28.2 Å². The third-order valence-electron chi connectivity index (χ3n) is 5.18. The highest BCUT2D eigenvalue weighted by Crippen LogP contribution is 2.32. The summed E-state index contributed by atoms with van der Waals surface area (Å²) in [6.45, 7) is 1.99. The highest BCUT2D eigenvalue weighted by Gasteiger charge is 2.34. The standard InChI is InChI=1S/C21H20Cl2N4O4S/c1-13-24-20(26-31-13)14-7-8-18(23)19(10-14)32(29,30)27-9-3-4-15(12-27)21(28)25-17-6-2-5-16(22)11-17/h2,5-8,10-11,15H,3-4,9,12H2,1H3,(H,25,28). The quantitative estimate of drug-likeness (QED) is 0.563. The molecule has 2 aromatic carbocycles. The second-order valence-corrected chi connectivity index (χ2v) is 10.2. The normalized spacial score (nSPS) is 17.3. The molecule has 0 aliphatic carbocycles. The predicted octanol–water partition coefficient (Wildman–Crippen LogP) is 4.39. The summed E-state index contributed by atoms with van der Waals surface area (Å²) < 4.78 is 33.1. The monoisotopic (exact) mass is 494 g/mol. The van der Waals surface area contributed by atoms with Crippen LogP contribution in [-0.4, -0.2) is 41.9 Å². The molecule has 1 atom stereocenters. The van der Waals surface area contributed by atoms with E-state index in [1.807, 2.05) is 0 Å². The van der Waals surface area contributed by atoms with Gasteiger partial charge in [0, 0.05) is 36.3 Å². The van der Waals surface area contributed by atoms with Gasteiger partial charge in [-0.05, 0) is 49.2 Å². The van der Waals surface area contributed by atoms with E-state index in [1.54, 1.807) is 37.3 Å². The van der Waals surface area contributed by atoms with E-state index in [4.69, 9.17) is 27.7 Å². The van der Waals surface area contributed by atoms with Crippen LogP contribution in [0.4, 0.5) is 5.69 Å². The average Bonchev–Trinajstić information content (AvgIpc) is 3.20. The summed E-state index contributed by atoms with van der Waals surface area (Å²) in [6.07, 6.45) is 1.13. The minimum absolute atomic E-state index is 0.0522. The van der Waals surface area contributed by atoms with Gasteiger partial charge >= 0.3 is 0 Å². The number of aryl methyl sites for hydroxylation is 1. The number of nitrogens with zero attached hydrogens (tertiary/aromatic N) is 3. The van der Waals surface area contributed by atoms with E-state index in [1.165, 1.54) is 16.4 Å². The topological polar surface area (TPSA) is 105 Å². The van der Waals surface area contributed by atoms with E-state index in [0.717, 1.165) is 0 Å². The van der Waals surface area contributed by atoms with Crippen molar-refractivity contribution >= 4 is 44.8 Å². The van der Waals surface area contributed by atoms with Crippen molar-refractivity contribution in [1.29, 1.82) is 0 Å². The minimum Gasteiger partial charge on any atom is -0.339 e. The number of aromatic nitrogens is 2. The number of rotatable bonds is 5. The second-order valence-electron chi connectivity index (χ2n) is 7.48. The van der Waals surface area contributed by atoms with Gasteiger partial charge in [-0.25, -0.2) is 8.42 Å². The Balaban J connectivity index is 1.55. The first-order valence-electron chi connectivity index (χ1n) is 9.91. The van der Waals surface area contributed by atoms with Crippen LogP contribution in [0.1, 0.15) is 18.7 Å². The summed E-state index contributed by atoms with van der Waals surface area (Å²) in [7, 11) is -3.95. The van der Waals surface area contributed by atoms with Gasteiger partial charge in [0.05, 0.1) is 10.9 Å². The Morgan fingerprint density at radius 3 is 2.75 bits per heavy atom. The Morgan fingerprint density at radius 1 is 1.22 bits per heavy atom. The number of nitrogens with one attached hydrogen (secondary N) is 1. The molecule has 32 heavy (non-hydrogen) atoms. The number of benzene rings is 2. The lowest BCUT2D eigenvalue weighted by atomic mass is 9.99. The molecule has 1 fully saturated rings. The van der Waals surface area contributed by atoms with Gasteiger partial charge in [-0.15, -0.1) is 0 Å². The molecule has 8 nitrogen and oxygen atoms in total. The molecule has 168 valence electrons. The molecular formula is C21H20Cl2N4O4S. The van der Waals surface area contributed by atoms with Crippen LogP contribution in [0.15, 0.2) is 51.9 Å². The van der Waals surface area contributed by atoms with Gasteiger partial charge < -0.3 is 9.84 Å². The summed E-state index contributed by atoms with van der Waals surface area (Å²) in [5.41, 5.74) is 1.03. The molecule has 1 unspecified atom stereocenters. The van der Waals surface area contributed by atoms with Gasteiger partial charge in [-0.1, -0.05) is 34.4 Å². The number of carbonyl (C=O) groups is 1. The number of sulfonamides is 1. The summed E-state index contributed by atoms with van der Waals surface area (Å²) in [5, 5.41) is 7.23. The summed E-state index contributed by atoms with van der Waals surface area (Å²) in [5.74, 6) is -0.120. The molecule has 1 aromatic heterocycles. The first-order valence-corrected chi connectivity index (χ1v) is 12.1. The second kappa shape index (κ2) is 9.19. The molecule has 1 aliphatic heterocycles. The van der Waals surface area contributed by atoms with Gasteiger partial charge in [-0.2, -0.15) is 9.29 Å². The van der Waals surface area contributed by atoms with Crippen LogP contribution in [0.3, 0.4) is 0 Å². The summed E-state index contributed by atoms with van der Waals surface area (Å²) >= 11 is 12.2. The number of amides is 1. The fourth-order valence-electron chi connectivity index (χ4n) is 3.58. The molecule has 1 saturated heterocycles. The zero-order chi connectivity index (χ0) is 22.9. The van der Waals surface area contributed by atoms with E-state index >= 15 is 0 Å². The Hall–Kier alpha value is -2.46. The van der Waals surface area contributed by atoms with Crippen LogP contribution in [0, 0.1) is 12.8 Å². The SMILES string of the molecule is Cc1nc(-c2ccc(Cl)c(S(=O)(=O)N3CCCC(C(=O)Nc4cccc(Cl)c4)C3)c2)no1. The fourth-order valence-corrected chi connectivity index (χ4v) is 5.80. The molecule has 0 bridgehead atoms. The highest BCUT2D eigenvalue weighted by molar-refractivity contribution is 7.89. The zero-order valence-electron chi connectivity index (χ0n) is 17.1. The van der Waals surface area contributed by atoms with Gasteiger partial charge in [0.15, 0.2) is 0 Å². The molecule has 1 N–H and O–H groups in total. The van der Waals surface area contributed by atoms with Crippen molar-refractivity contribution in [2.24, 2.45) is 5.92 Å². The van der Waals surface area contributed by atoms with E-state index in [9.17, 15) is 13.2 Å². The third kappa shape index (κ3) is 4.80. The predicted molar refractivity (Wildman–Crippen MR) is 121 cm³/mol. The highest BCUT2D eigenvalue weighted by atomic mass is 35.5. The van der Waals surface area contributed by atoms with Crippen molar-refractivity contribution in [3.63, 3.8) is 0 Å². The maximum Gasteiger partial charge on any atom is 0.244 e. The fraction of sp³-hybridized carbons (Fsp3) is 0.286. The van der Waals surface area contributed by atoms with Crippen molar-refractivity contribution in [2.75, 3.05) is 18.4 Å². The molecule has 3 aromatic rings. The number of halogens is 2. The average molecular weight is 495 g/mol. The van der Waals surface area contributed by atoms with E-state index in [2.05, 4.69) is 15.5 Å². The lowest BCUT2D eigenvalue weighted by Crippen LogP contribution is -2.43. The van der Waals surface area contributed by atoms with E-state index < -0.39 is 15.9 Å². The molecule has 1 aliphatic rings. The number of piperidine rings is 1. The maximum absolute atomic E-state index is 13.4.